The Bertz CT molecular complexity index is 1320. The van der Waals surface area contributed by atoms with E-state index in [9.17, 15) is 0 Å². The molecule has 0 aromatic heterocycles. The van der Waals surface area contributed by atoms with E-state index in [-0.39, 0.29) is 14.9 Å². The number of methoxy groups -OCH3 is 4. The van der Waals surface area contributed by atoms with Gasteiger partial charge in [-0.05, 0) is 78.1 Å². The zero-order valence-corrected chi connectivity index (χ0v) is 36.9. The zero-order valence-electron chi connectivity index (χ0n) is 36.9. The number of benzene rings is 3. The molecule has 324 valence electrons. The van der Waals surface area contributed by atoms with Gasteiger partial charge in [-0.25, -0.2) is 0 Å². The minimum absolute atomic E-state index is 0. The van der Waals surface area contributed by atoms with Crippen LogP contribution in [0.1, 0.15) is 151 Å². The van der Waals surface area contributed by atoms with Crippen molar-refractivity contribution in [3.63, 3.8) is 0 Å². The number of ether oxygens (including phenoxy) is 6. The van der Waals surface area contributed by atoms with Crippen LogP contribution in [-0.4, -0.2) is 41.7 Å². The summed E-state index contributed by atoms with van der Waals surface area (Å²) in [6.07, 6.45) is 19.4. The molecule has 0 aliphatic rings. The smallest absolute Gasteiger partial charge is 0.203 e. The number of rotatable bonds is 22. The highest BCUT2D eigenvalue weighted by molar-refractivity contribution is 5.75. The van der Waals surface area contributed by atoms with Gasteiger partial charge in [0.05, 0.1) is 41.7 Å². The van der Waals surface area contributed by atoms with Gasteiger partial charge in [-0.15, -0.1) is 6.58 Å². The van der Waals surface area contributed by atoms with Crippen LogP contribution in [0.15, 0.2) is 61.2 Å². The monoisotopic (exact) mass is 793 g/mol. The van der Waals surface area contributed by atoms with Crippen molar-refractivity contribution in [2.24, 2.45) is 11.8 Å². The molecule has 0 saturated carbocycles. The highest BCUT2D eigenvalue weighted by Gasteiger charge is 2.17. The summed E-state index contributed by atoms with van der Waals surface area (Å²) in [5, 5.41) is 0. The number of hydrogen-bond donors (Lipinski definition) is 0. The Morgan fingerprint density at radius 1 is 0.509 bits per heavy atom. The van der Waals surface area contributed by atoms with E-state index < -0.39 is 0 Å². The van der Waals surface area contributed by atoms with Crippen LogP contribution < -0.4 is 28.4 Å². The van der Waals surface area contributed by atoms with E-state index in [2.05, 4.69) is 82.8 Å². The molecule has 0 aliphatic carbocycles. The molecular weight excluding hydrogens is 709 g/mol. The van der Waals surface area contributed by atoms with Crippen LogP contribution in [0, 0.1) is 11.8 Å². The molecule has 6 heteroatoms. The second kappa shape index (κ2) is 36.0. The number of hydrogen-bond acceptors (Lipinski definition) is 6. The zero-order chi connectivity index (χ0) is 41.4. The summed E-state index contributed by atoms with van der Waals surface area (Å²) in [6.45, 7) is 23.4. The van der Waals surface area contributed by atoms with E-state index in [1.165, 1.54) is 25.7 Å². The van der Waals surface area contributed by atoms with Crippen molar-refractivity contribution in [2.45, 2.75) is 129 Å². The van der Waals surface area contributed by atoms with Crippen LogP contribution >= 0.6 is 0 Å². The Morgan fingerprint density at radius 3 is 1.00 bits per heavy atom. The molecule has 57 heavy (non-hydrogen) atoms. The lowest BCUT2D eigenvalue weighted by Crippen LogP contribution is -2.12. The van der Waals surface area contributed by atoms with Crippen molar-refractivity contribution in [1.29, 1.82) is 0 Å². The van der Waals surface area contributed by atoms with E-state index in [4.69, 9.17) is 28.4 Å². The summed E-state index contributed by atoms with van der Waals surface area (Å²) in [6, 6.07) is 16.4. The highest BCUT2D eigenvalue weighted by atomic mass is 16.5. The molecule has 0 saturated heterocycles. The molecule has 0 aliphatic heterocycles. The summed E-state index contributed by atoms with van der Waals surface area (Å²) in [7, 11) is 6.67. The van der Waals surface area contributed by atoms with Gasteiger partial charge in [0.25, 0.3) is 0 Å². The number of unbranched alkanes of at least 4 members (excludes halogenated alkanes) is 2. The maximum Gasteiger partial charge on any atom is 0.203 e. The Labute approximate surface area is 351 Å². The molecule has 0 amide bonds. The molecule has 2 unspecified atom stereocenters. The Kier molecular flexibility index (Phi) is 36.1. The normalized spacial score (nSPS) is 11.1. The van der Waals surface area contributed by atoms with Crippen molar-refractivity contribution < 1.29 is 28.4 Å². The fraction of sp³-hybridized carbons (Fsp3) is 0.529. The van der Waals surface area contributed by atoms with Crippen molar-refractivity contribution in [3.8, 4) is 34.5 Å². The quantitative estimate of drug-likeness (QED) is 0.0746. The molecule has 3 aromatic carbocycles. The van der Waals surface area contributed by atoms with Crippen LogP contribution in [0.4, 0.5) is 0 Å². The first-order valence-corrected chi connectivity index (χ1v) is 20.7. The van der Waals surface area contributed by atoms with Gasteiger partial charge in [-0.1, -0.05) is 163 Å². The second-order valence-corrected chi connectivity index (χ2v) is 12.7. The third kappa shape index (κ3) is 21.1. The average Bonchev–Trinajstić information content (AvgIpc) is 3.24. The molecule has 0 fully saturated rings. The molecule has 3 rings (SSSR count). The van der Waals surface area contributed by atoms with E-state index in [0.717, 1.165) is 47.9 Å². The Balaban J connectivity index is -0.00000304. The average molecular weight is 793 g/mol. The minimum Gasteiger partial charge on any atom is -0.493 e. The van der Waals surface area contributed by atoms with Crippen LogP contribution in [0.25, 0.3) is 24.3 Å². The highest BCUT2D eigenvalue weighted by Crippen LogP contribution is 2.41. The Hall–Kier alpha value is -4.32. The van der Waals surface area contributed by atoms with Gasteiger partial charge in [0.1, 0.15) is 0 Å². The summed E-state index contributed by atoms with van der Waals surface area (Å²) < 4.78 is 35.4. The predicted octanol–water partition coefficient (Wildman–Crippen LogP) is 15.8. The topological polar surface area (TPSA) is 55.4 Å². The van der Waals surface area contributed by atoms with Crippen LogP contribution in [0.2, 0.25) is 0 Å². The van der Waals surface area contributed by atoms with Gasteiger partial charge >= 0.3 is 0 Å². The van der Waals surface area contributed by atoms with Crippen molar-refractivity contribution in [2.75, 3.05) is 41.7 Å². The molecule has 6 nitrogen and oxygen atoms in total. The lowest BCUT2D eigenvalue weighted by atomic mass is 10.0. The van der Waals surface area contributed by atoms with Gasteiger partial charge < -0.3 is 28.4 Å². The Morgan fingerprint density at radius 2 is 0.772 bits per heavy atom. The molecule has 0 N–H and O–H groups in total. The molecule has 0 radical (unpaired) electrons. The van der Waals surface area contributed by atoms with Gasteiger partial charge in [0.15, 0.2) is 23.0 Å². The summed E-state index contributed by atoms with van der Waals surface area (Å²) >= 11 is 0. The van der Waals surface area contributed by atoms with Crippen molar-refractivity contribution in [1.82, 2.24) is 0 Å². The SMILES string of the molecule is C.C.C=CC.CC.CC.CCCCC(CC)COc1c(OC)cc(/C=C/c2ccc(/C=C/c3cc(OC)c(OCC(CC)CCCC)c(OC)c3)cc2)cc1OC. The molecule has 0 bridgehead atoms. The predicted molar refractivity (Wildman–Crippen MR) is 253 cm³/mol. The second-order valence-electron chi connectivity index (χ2n) is 12.7. The van der Waals surface area contributed by atoms with Crippen LogP contribution in [-0.2, 0) is 0 Å². The van der Waals surface area contributed by atoms with Crippen LogP contribution in [0.3, 0.4) is 0 Å². The van der Waals surface area contributed by atoms with E-state index >= 15 is 0 Å². The first-order valence-electron chi connectivity index (χ1n) is 20.7. The first-order chi connectivity index (χ1) is 26.8. The molecular formula is C51H84O6. The summed E-state index contributed by atoms with van der Waals surface area (Å²) in [5.41, 5.74) is 4.11. The molecule has 0 spiro atoms. The van der Waals surface area contributed by atoms with Gasteiger partial charge in [0.2, 0.25) is 11.5 Å². The fourth-order valence-electron chi connectivity index (χ4n) is 5.58. The largest absolute Gasteiger partial charge is 0.493 e. The summed E-state index contributed by atoms with van der Waals surface area (Å²) in [4.78, 5) is 0. The van der Waals surface area contributed by atoms with E-state index in [1.54, 1.807) is 34.5 Å². The molecule has 0 heterocycles. The van der Waals surface area contributed by atoms with E-state index in [1.807, 2.05) is 58.9 Å². The maximum absolute atomic E-state index is 6.25. The fourth-order valence-corrected chi connectivity index (χ4v) is 5.58. The minimum atomic E-state index is 0. The van der Waals surface area contributed by atoms with E-state index in [0.29, 0.717) is 59.5 Å². The third-order valence-electron chi connectivity index (χ3n) is 8.85. The number of allylic oxidation sites excluding steroid dienone is 1. The summed E-state index contributed by atoms with van der Waals surface area (Å²) in [5.74, 6) is 5.04. The maximum atomic E-state index is 6.25. The van der Waals surface area contributed by atoms with Crippen molar-refractivity contribution in [3.05, 3.63) is 83.4 Å². The third-order valence-corrected chi connectivity index (χ3v) is 8.85. The van der Waals surface area contributed by atoms with Gasteiger partial charge in [-0.2, -0.15) is 0 Å². The molecule has 2 atom stereocenters. The lowest BCUT2D eigenvalue weighted by Gasteiger charge is -2.19. The van der Waals surface area contributed by atoms with Gasteiger partial charge in [-0.3, -0.25) is 0 Å². The standard InChI is InChI=1S/C42H58O6.C3H6.2C2H6.2CH4/c1-9-13-15-31(11-3)29-47-41-37(43-5)25-35(26-38(41)44-6)23-21-33-17-19-34(20-18-33)22-24-36-27-39(45-7)42(40(28-36)46-8)48-30-32(12-4)16-14-10-2;1-3-2;2*1-2;;/h17-28,31-32H,9-16,29-30H2,1-8H3;3H,1H2,2H3;2*1-2H3;2*1H4/b23-21+,24-22+;;;;;. The molecule has 3 aromatic rings. The first kappa shape index (κ1) is 57.0. The lowest BCUT2D eigenvalue weighted by molar-refractivity contribution is 0.215. The van der Waals surface area contributed by atoms with Gasteiger partial charge in [0, 0.05) is 0 Å². The van der Waals surface area contributed by atoms with Crippen LogP contribution in [0.5, 0.6) is 34.5 Å². The van der Waals surface area contributed by atoms with Crippen molar-refractivity contribution >= 4 is 24.3 Å².